The van der Waals surface area contributed by atoms with E-state index in [9.17, 15) is 20.1 Å². The van der Waals surface area contributed by atoms with Crippen LogP contribution in [0.25, 0.3) is 22.1 Å². The molecule has 5 N–H and O–H groups in total. The summed E-state index contributed by atoms with van der Waals surface area (Å²) in [6, 6.07) is 14.9. The van der Waals surface area contributed by atoms with Crippen molar-refractivity contribution in [3.63, 3.8) is 0 Å². The van der Waals surface area contributed by atoms with Crippen LogP contribution < -0.4 is 10.9 Å². The minimum atomic E-state index is -1.45. The molecule has 29 heavy (non-hydrogen) atoms. The van der Waals surface area contributed by atoms with Crippen LogP contribution in [0.4, 0.5) is 5.69 Å². The van der Waals surface area contributed by atoms with Crippen molar-refractivity contribution in [3.8, 4) is 11.1 Å². The Morgan fingerprint density at radius 2 is 1.72 bits per heavy atom. The third kappa shape index (κ3) is 3.76. The highest BCUT2D eigenvalue weighted by Gasteiger charge is 2.43. The quantitative estimate of drug-likeness (QED) is 0.405. The average Bonchev–Trinajstić information content (AvgIpc) is 2.73. The van der Waals surface area contributed by atoms with Crippen molar-refractivity contribution in [2.24, 2.45) is 0 Å². The fourth-order valence-electron chi connectivity index (χ4n) is 3.47. The van der Waals surface area contributed by atoms with Gasteiger partial charge in [-0.05, 0) is 23.8 Å². The minimum absolute atomic E-state index is 0.328. The summed E-state index contributed by atoms with van der Waals surface area (Å²) in [5.74, 6) is 0. The van der Waals surface area contributed by atoms with Crippen molar-refractivity contribution in [1.82, 2.24) is 0 Å². The highest BCUT2D eigenvalue weighted by Crippen LogP contribution is 2.26. The molecule has 0 radical (unpaired) electrons. The minimum Gasteiger partial charge on any atom is -0.422 e. The number of hydrogen-bond donors (Lipinski definition) is 5. The zero-order valence-electron chi connectivity index (χ0n) is 15.3. The number of fused-ring (bicyclic) bond motifs is 1. The van der Waals surface area contributed by atoms with E-state index in [2.05, 4.69) is 5.32 Å². The maximum absolute atomic E-state index is 12.4. The van der Waals surface area contributed by atoms with Crippen LogP contribution in [0.5, 0.6) is 0 Å². The summed E-state index contributed by atoms with van der Waals surface area (Å²) < 4.78 is 10.6. The Hall–Kier alpha value is -2.75. The van der Waals surface area contributed by atoms with E-state index in [1.807, 2.05) is 30.3 Å². The van der Waals surface area contributed by atoms with E-state index in [0.29, 0.717) is 22.2 Å². The molecule has 1 saturated heterocycles. The predicted molar refractivity (Wildman–Crippen MR) is 105 cm³/mol. The Morgan fingerprint density at radius 1 is 0.966 bits per heavy atom. The monoisotopic (exact) mass is 399 g/mol. The Labute approximate surface area is 165 Å². The molecule has 0 saturated carbocycles. The number of nitrogens with one attached hydrogen (secondary N) is 1. The highest BCUT2D eigenvalue weighted by atomic mass is 16.6. The van der Waals surface area contributed by atoms with Crippen LogP contribution in [0.1, 0.15) is 0 Å². The molecule has 1 aliphatic heterocycles. The lowest BCUT2D eigenvalue weighted by molar-refractivity contribution is -0.245. The maximum Gasteiger partial charge on any atom is 0.344 e. The van der Waals surface area contributed by atoms with Gasteiger partial charge in [-0.2, -0.15) is 0 Å². The molecule has 0 aliphatic carbocycles. The number of anilines is 1. The molecule has 3 aromatic rings. The molecule has 4 rings (SSSR count). The zero-order chi connectivity index (χ0) is 20.5. The average molecular weight is 399 g/mol. The van der Waals surface area contributed by atoms with Crippen LogP contribution in [0.3, 0.4) is 0 Å². The van der Waals surface area contributed by atoms with Crippen LogP contribution >= 0.6 is 0 Å². The normalized spacial score (nSPS) is 27.1. The molecule has 152 valence electrons. The molecular weight excluding hydrogens is 378 g/mol. The Morgan fingerprint density at radius 3 is 2.45 bits per heavy atom. The van der Waals surface area contributed by atoms with E-state index in [4.69, 9.17) is 14.3 Å². The predicted octanol–water partition coefficient (Wildman–Crippen LogP) is 0.672. The highest BCUT2D eigenvalue weighted by molar-refractivity contribution is 5.84. The molecule has 1 aromatic heterocycles. The topological polar surface area (TPSA) is 132 Å². The third-order valence-corrected chi connectivity index (χ3v) is 5.05. The van der Waals surface area contributed by atoms with Gasteiger partial charge >= 0.3 is 5.63 Å². The lowest BCUT2D eigenvalue weighted by Gasteiger charge is -2.40. The van der Waals surface area contributed by atoms with E-state index in [1.165, 1.54) is 0 Å². The van der Waals surface area contributed by atoms with E-state index >= 15 is 0 Å². The molecule has 3 unspecified atom stereocenters. The summed E-state index contributed by atoms with van der Waals surface area (Å²) in [4.78, 5) is 12.4. The van der Waals surface area contributed by atoms with Crippen LogP contribution in [0, 0.1) is 0 Å². The second-order valence-corrected chi connectivity index (χ2v) is 6.97. The van der Waals surface area contributed by atoms with Crippen molar-refractivity contribution in [2.75, 3.05) is 11.9 Å². The summed E-state index contributed by atoms with van der Waals surface area (Å²) in [5.41, 5.74) is 1.50. The molecule has 2 heterocycles. The number of hydrogen-bond acceptors (Lipinski definition) is 8. The lowest BCUT2D eigenvalue weighted by Crippen LogP contribution is -2.61. The number of aliphatic hydroxyl groups is 4. The van der Waals surface area contributed by atoms with E-state index in [1.54, 1.807) is 24.3 Å². The van der Waals surface area contributed by atoms with Crippen molar-refractivity contribution in [2.45, 2.75) is 30.6 Å². The van der Waals surface area contributed by atoms with Gasteiger partial charge in [0.25, 0.3) is 0 Å². The van der Waals surface area contributed by atoms with Gasteiger partial charge < -0.3 is 34.9 Å². The fourth-order valence-corrected chi connectivity index (χ4v) is 3.47. The van der Waals surface area contributed by atoms with Crippen molar-refractivity contribution in [3.05, 3.63) is 65.0 Å². The number of aliphatic hydroxyl groups excluding tert-OH is 4. The van der Waals surface area contributed by atoms with Gasteiger partial charge in [-0.3, -0.25) is 0 Å². The molecule has 1 aliphatic rings. The van der Waals surface area contributed by atoms with Gasteiger partial charge in [0, 0.05) is 17.1 Å². The molecule has 2 aromatic carbocycles. The number of benzene rings is 2. The third-order valence-electron chi connectivity index (χ3n) is 5.05. The van der Waals surface area contributed by atoms with Gasteiger partial charge in [-0.1, -0.05) is 30.3 Å². The van der Waals surface area contributed by atoms with E-state index in [0.717, 1.165) is 5.56 Å². The van der Waals surface area contributed by atoms with E-state index in [-0.39, 0.29) is 0 Å². The van der Waals surface area contributed by atoms with Gasteiger partial charge in [-0.25, -0.2) is 4.79 Å². The second kappa shape index (κ2) is 7.94. The Kier molecular flexibility index (Phi) is 5.35. The Balaban J connectivity index is 1.62. The molecule has 8 nitrogen and oxygen atoms in total. The van der Waals surface area contributed by atoms with Gasteiger partial charge in [0.1, 0.15) is 29.9 Å². The molecule has 8 heteroatoms. The lowest BCUT2D eigenvalue weighted by atomic mass is 9.97. The first-order valence-electron chi connectivity index (χ1n) is 9.18. The molecule has 0 bridgehead atoms. The van der Waals surface area contributed by atoms with E-state index < -0.39 is 42.9 Å². The molecule has 0 amide bonds. The maximum atomic E-state index is 12.4. The first kappa shape index (κ1) is 19.6. The van der Waals surface area contributed by atoms with Gasteiger partial charge in [0.15, 0.2) is 6.29 Å². The van der Waals surface area contributed by atoms with Crippen molar-refractivity contribution in [1.29, 1.82) is 0 Å². The number of ether oxygens (including phenoxy) is 1. The van der Waals surface area contributed by atoms with Crippen molar-refractivity contribution < 1.29 is 29.6 Å². The SMILES string of the molecule is O=c1oc2cc(NC3C(O)OC(CO)[C@H](O)[C@H]3O)ccc2cc1-c1ccccc1. The van der Waals surface area contributed by atoms with Gasteiger partial charge in [-0.15, -0.1) is 0 Å². The van der Waals surface area contributed by atoms with Crippen LogP contribution in [0.2, 0.25) is 0 Å². The van der Waals surface area contributed by atoms with Gasteiger partial charge in [0.05, 0.1) is 12.2 Å². The first-order valence-corrected chi connectivity index (χ1v) is 9.18. The van der Waals surface area contributed by atoms with Crippen LogP contribution in [0.15, 0.2) is 63.8 Å². The first-order chi connectivity index (χ1) is 14.0. The van der Waals surface area contributed by atoms with Crippen LogP contribution in [-0.4, -0.2) is 57.7 Å². The zero-order valence-corrected chi connectivity index (χ0v) is 15.3. The van der Waals surface area contributed by atoms with Gasteiger partial charge in [0.2, 0.25) is 0 Å². The standard InChI is InChI=1S/C21H21NO7/c23-10-16-18(24)19(25)17(21(27)29-16)22-13-7-6-12-8-14(11-4-2-1-3-5-11)20(26)28-15(12)9-13/h1-9,16-19,21-25,27H,10H2/t16?,17?,18-,19-,21?/m0/s1. The van der Waals surface area contributed by atoms with Crippen LogP contribution in [-0.2, 0) is 4.74 Å². The molecule has 0 spiro atoms. The summed E-state index contributed by atoms with van der Waals surface area (Å²) in [6.07, 6.45) is -5.27. The summed E-state index contributed by atoms with van der Waals surface area (Å²) in [6.45, 7) is -0.535. The fraction of sp³-hybridized carbons (Fsp3) is 0.286. The largest absolute Gasteiger partial charge is 0.422 e. The molecule has 5 atom stereocenters. The summed E-state index contributed by atoms with van der Waals surface area (Å²) in [5, 5.41) is 43.1. The smallest absolute Gasteiger partial charge is 0.344 e. The summed E-state index contributed by atoms with van der Waals surface area (Å²) in [7, 11) is 0. The summed E-state index contributed by atoms with van der Waals surface area (Å²) >= 11 is 0. The van der Waals surface area contributed by atoms with Crippen molar-refractivity contribution >= 4 is 16.7 Å². The Bertz CT molecular complexity index is 1050. The molecule has 1 fully saturated rings. The number of rotatable bonds is 4. The molecular formula is C21H21NO7. The second-order valence-electron chi connectivity index (χ2n) is 6.97.